The van der Waals surface area contributed by atoms with E-state index in [2.05, 4.69) is 9.97 Å². The highest BCUT2D eigenvalue weighted by Crippen LogP contribution is 2.44. The second kappa shape index (κ2) is 3.67. The minimum absolute atomic E-state index is 0.266. The smallest absolute Gasteiger partial charge is 0.244 e. The van der Waals surface area contributed by atoms with Gasteiger partial charge in [-0.25, -0.2) is 13.4 Å². The fourth-order valence-corrected chi connectivity index (χ4v) is 3.21. The molecule has 0 saturated heterocycles. The monoisotopic (exact) mass is 243 g/mol. The van der Waals surface area contributed by atoms with E-state index in [0.717, 1.165) is 4.31 Å². The van der Waals surface area contributed by atoms with Crippen LogP contribution in [0.15, 0.2) is 18.6 Å². The molecule has 0 aliphatic heterocycles. The summed E-state index contributed by atoms with van der Waals surface area (Å²) in [4.78, 5) is 7.74. The summed E-state index contributed by atoms with van der Waals surface area (Å²) < 4.78 is 24.4. The quantitative estimate of drug-likeness (QED) is 0.789. The third kappa shape index (κ3) is 1.56. The fourth-order valence-electron chi connectivity index (χ4n) is 1.50. The Labute approximate surface area is 94.0 Å². The van der Waals surface area contributed by atoms with Gasteiger partial charge in [0, 0.05) is 19.4 Å². The Kier molecular flexibility index (Phi) is 2.59. The highest BCUT2D eigenvalue weighted by atomic mass is 32.2. The van der Waals surface area contributed by atoms with Crippen molar-refractivity contribution in [3.8, 4) is 0 Å². The lowest BCUT2D eigenvalue weighted by Crippen LogP contribution is -2.40. The molecule has 1 aliphatic carbocycles. The Bertz CT molecular complexity index is 470. The first-order chi connectivity index (χ1) is 7.53. The van der Waals surface area contributed by atoms with Crippen LogP contribution in [-0.2, 0) is 10.0 Å². The van der Waals surface area contributed by atoms with Crippen LogP contribution in [0, 0.1) is 0 Å². The molecular weight excluding hydrogens is 230 g/mol. The van der Waals surface area contributed by atoms with Crippen LogP contribution in [0.1, 0.15) is 12.8 Å². The van der Waals surface area contributed by atoms with Gasteiger partial charge in [-0.1, -0.05) is 0 Å². The maximum Gasteiger partial charge on any atom is 0.244 e. The molecule has 1 heterocycles. The lowest BCUT2D eigenvalue weighted by Gasteiger charge is -2.23. The topological polar surface area (TPSA) is 83.4 Å². The maximum atomic E-state index is 12.1. The lowest BCUT2D eigenvalue weighted by atomic mass is 10.5. The largest absolute Gasteiger partial charge is 0.395 e. The van der Waals surface area contributed by atoms with E-state index in [1.807, 2.05) is 0 Å². The molecule has 2 rings (SSSR count). The van der Waals surface area contributed by atoms with E-state index in [9.17, 15) is 8.42 Å². The van der Waals surface area contributed by atoms with Crippen molar-refractivity contribution < 1.29 is 13.5 Å². The van der Waals surface area contributed by atoms with Gasteiger partial charge in [0.1, 0.15) is 4.75 Å². The molecule has 1 aromatic rings. The molecule has 0 atom stereocenters. The number of hydrogen-bond acceptors (Lipinski definition) is 5. The van der Waals surface area contributed by atoms with E-state index in [1.165, 1.54) is 25.6 Å². The first-order valence-corrected chi connectivity index (χ1v) is 6.33. The third-order valence-corrected chi connectivity index (χ3v) is 5.42. The van der Waals surface area contributed by atoms with E-state index >= 15 is 0 Å². The standard InChI is InChI=1S/C9H13N3O3S/c1-12(8-6-10-4-5-11-8)16(14,15)9(7-13)2-3-9/h4-6,13H,2-3,7H2,1H3. The molecule has 0 unspecified atom stereocenters. The van der Waals surface area contributed by atoms with Gasteiger partial charge in [-0.05, 0) is 12.8 Å². The molecule has 1 N–H and O–H groups in total. The summed E-state index contributed by atoms with van der Waals surface area (Å²) in [5, 5.41) is 9.15. The van der Waals surface area contributed by atoms with E-state index in [-0.39, 0.29) is 12.4 Å². The van der Waals surface area contributed by atoms with Gasteiger partial charge in [0.15, 0.2) is 5.82 Å². The molecule has 16 heavy (non-hydrogen) atoms. The van der Waals surface area contributed by atoms with Gasteiger partial charge in [0.25, 0.3) is 0 Å². The number of anilines is 1. The van der Waals surface area contributed by atoms with Crippen molar-refractivity contribution >= 4 is 15.8 Å². The van der Waals surface area contributed by atoms with E-state index < -0.39 is 14.8 Å². The summed E-state index contributed by atoms with van der Waals surface area (Å²) in [5.74, 6) is 0.266. The minimum atomic E-state index is -3.55. The Balaban J connectivity index is 2.33. The van der Waals surface area contributed by atoms with Crippen LogP contribution in [0.5, 0.6) is 0 Å². The van der Waals surface area contributed by atoms with Crippen LogP contribution in [0.4, 0.5) is 5.82 Å². The third-order valence-electron chi connectivity index (χ3n) is 2.88. The zero-order chi connectivity index (χ0) is 11.8. The van der Waals surface area contributed by atoms with Crippen LogP contribution < -0.4 is 4.31 Å². The zero-order valence-corrected chi connectivity index (χ0v) is 9.68. The molecule has 0 spiro atoms. The first-order valence-electron chi connectivity index (χ1n) is 4.89. The van der Waals surface area contributed by atoms with Crippen molar-refractivity contribution in [2.75, 3.05) is 18.0 Å². The molecular formula is C9H13N3O3S. The highest BCUT2D eigenvalue weighted by molar-refractivity contribution is 7.94. The number of sulfonamides is 1. The van der Waals surface area contributed by atoms with Crippen LogP contribution in [0.2, 0.25) is 0 Å². The zero-order valence-electron chi connectivity index (χ0n) is 8.87. The Morgan fingerprint density at radius 3 is 2.62 bits per heavy atom. The van der Waals surface area contributed by atoms with Gasteiger partial charge < -0.3 is 5.11 Å². The van der Waals surface area contributed by atoms with E-state index in [1.54, 1.807) is 0 Å². The van der Waals surface area contributed by atoms with Crippen molar-refractivity contribution in [3.05, 3.63) is 18.6 Å². The number of aliphatic hydroxyl groups is 1. The normalized spacial score (nSPS) is 18.1. The van der Waals surface area contributed by atoms with Gasteiger partial charge in [-0.3, -0.25) is 9.29 Å². The summed E-state index contributed by atoms with van der Waals surface area (Å²) in [7, 11) is -2.12. The van der Waals surface area contributed by atoms with Crippen LogP contribution in [0.25, 0.3) is 0 Å². The molecule has 0 radical (unpaired) electrons. The number of hydrogen-bond donors (Lipinski definition) is 1. The summed E-state index contributed by atoms with van der Waals surface area (Å²) in [6, 6.07) is 0. The van der Waals surface area contributed by atoms with Crippen molar-refractivity contribution in [2.24, 2.45) is 0 Å². The van der Waals surface area contributed by atoms with Crippen molar-refractivity contribution in [1.82, 2.24) is 9.97 Å². The van der Waals surface area contributed by atoms with Crippen molar-refractivity contribution in [1.29, 1.82) is 0 Å². The molecule has 1 aromatic heterocycles. The van der Waals surface area contributed by atoms with Crippen LogP contribution in [-0.4, -0.2) is 41.9 Å². The van der Waals surface area contributed by atoms with Gasteiger partial charge in [-0.15, -0.1) is 0 Å². The van der Waals surface area contributed by atoms with Crippen LogP contribution in [0.3, 0.4) is 0 Å². The molecule has 0 bridgehead atoms. The Morgan fingerprint density at radius 2 is 2.19 bits per heavy atom. The summed E-state index contributed by atoms with van der Waals surface area (Å²) in [6.07, 6.45) is 5.28. The van der Waals surface area contributed by atoms with E-state index in [0.29, 0.717) is 12.8 Å². The van der Waals surface area contributed by atoms with Crippen molar-refractivity contribution in [3.63, 3.8) is 0 Å². The molecule has 88 valence electrons. The number of aliphatic hydroxyl groups excluding tert-OH is 1. The maximum absolute atomic E-state index is 12.1. The Hall–Kier alpha value is -1.21. The first kappa shape index (κ1) is 11.3. The predicted octanol–water partition coefficient (Wildman–Crippen LogP) is -0.233. The average Bonchev–Trinajstić information content (AvgIpc) is 3.10. The molecule has 7 heteroatoms. The SMILES string of the molecule is CN(c1cnccn1)S(=O)(=O)C1(CO)CC1. The van der Waals surface area contributed by atoms with Gasteiger partial charge >= 0.3 is 0 Å². The minimum Gasteiger partial charge on any atom is -0.395 e. The highest BCUT2D eigenvalue weighted by Gasteiger charge is 2.56. The average molecular weight is 243 g/mol. The fraction of sp³-hybridized carbons (Fsp3) is 0.556. The van der Waals surface area contributed by atoms with Crippen molar-refractivity contribution in [2.45, 2.75) is 17.6 Å². The van der Waals surface area contributed by atoms with Gasteiger partial charge in [-0.2, -0.15) is 0 Å². The molecule has 1 fully saturated rings. The molecule has 0 amide bonds. The summed E-state index contributed by atoms with van der Waals surface area (Å²) in [5.41, 5.74) is 0. The molecule has 1 saturated carbocycles. The van der Waals surface area contributed by atoms with Gasteiger partial charge in [0.05, 0.1) is 12.8 Å². The van der Waals surface area contributed by atoms with Gasteiger partial charge in [0.2, 0.25) is 10.0 Å². The number of aromatic nitrogens is 2. The second-order valence-corrected chi connectivity index (χ2v) is 6.24. The number of rotatable bonds is 4. The summed E-state index contributed by atoms with van der Waals surface area (Å²) >= 11 is 0. The lowest BCUT2D eigenvalue weighted by molar-refractivity contribution is 0.283. The molecule has 1 aliphatic rings. The molecule has 6 nitrogen and oxygen atoms in total. The second-order valence-electron chi connectivity index (χ2n) is 3.88. The Morgan fingerprint density at radius 1 is 1.50 bits per heavy atom. The number of nitrogens with zero attached hydrogens (tertiary/aromatic N) is 3. The predicted molar refractivity (Wildman–Crippen MR) is 58.4 cm³/mol. The van der Waals surface area contributed by atoms with Crippen LogP contribution >= 0.6 is 0 Å². The summed E-state index contributed by atoms with van der Waals surface area (Å²) in [6.45, 7) is -0.347. The molecule has 0 aromatic carbocycles. The van der Waals surface area contributed by atoms with E-state index in [4.69, 9.17) is 5.11 Å².